The molecule has 0 amide bonds. The van der Waals surface area contributed by atoms with Gasteiger partial charge in [-0.1, -0.05) is 13.0 Å². The topological polar surface area (TPSA) is 47.1 Å². The van der Waals surface area contributed by atoms with Crippen molar-refractivity contribution in [1.29, 1.82) is 0 Å². The van der Waals surface area contributed by atoms with Crippen molar-refractivity contribution in [3.8, 4) is 0 Å². The molecular formula is C15H24N4S. The normalized spacial score (nSPS) is 13.0. The SMILES string of the molecule is CCCn1cc(C(CN)N(C)CCc2cccs2)cn1. The van der Waals surface area contributed by atoms with Crippen molar-refractivity contribution < 1.29 is 0 Å². The summed E-state index contributed by atoms with van der Waals surface area (Å²) in [6, 6.07) is 4.55. The Morgan fingerprint density at radius 3 is 3.00 bits per heavy atom. The third-order valence-corrected chi connectivity index (χ3v) is 4.47. The molecule has 0 saturated carbocycles. The third kappa shape index (κ3) is 3.91. The molecule has 0 aliphatic heterocycles. The number of hydrogen-bond donors (Lipinski definition) is 1. The van der Waals surface area contributed by atoms with E-state index in [9.17, 15) is 0 Å². The molecule has 2 rings (SSSR count). The van der Waals surface area contributed by atoms with Crippen LogP contribution >= 0.6 is 11.3 Å². The van der Waals surface area contributed by atoms with Gasteiger partial charge in [0.25, 0.3) is 0 Å². The molecule has 0 aromatic carbocycles. The molecule has 110 valence electrons. The fourth-order valence-electron chi connectivity index (χ4n) is 2.37. The van der Waals surface area contributed by atoms with E-state index in [0.29, 0.717) is 6.54 Å². The van der Waals surface area contributed by atoms with Gasteiger partial charge in [0.15, 0.2) is 0 Å². The van der Waals surface area contributed by atoms with Gasteiger partial charge in [0.05, 0.1) is 6.20 Å². The maximum absolute atomic E-state index is 5.96. The van der Waals surface area contributed by atoms with E-state index in [-0.39, 0.29) is 6.04 Å². The summed E-state index contributed by atoms with van der Waals surface area (Å²) in [6.07, 6.45) is 6.26. The summed E-state index contributed by atoms with van der Waals surface area (Å²) in [5, 5.41) is 6.53. The minimum absolute atomic E-state index is 0.251. The van der Waals surface area contributed by atoms with E-state index < -0.39 is 0 Å². The van der Waals surface area contributed by atoms with E-state index in [4.69, 9.17) is 5.73 Å². The van der Waals surface area contributed by atoms with Crippen molar-refractivity contribution >= 4 is 11.3 Å². The summed E-state index contributed by atoms with van der Waals surface area (Å²) >= 11 is 1.82. The van der Waals surface area contributed by atoms with Gasteiger partial charge in [-0.15, -0.1) is 11.3 Å². The molecule has 1 atom stereocenters. The van der Waals surface area contributed by atoms with Gasteiger partial charge in [-0.3, -0.25) is 9.58 Å². The monoisotopic (exact) mass is 292 g/mol. The number of aromatic nitrogens is 2. The number of nitrogens with zero attached hydrogens (tertiary/aromatic N) is 3. The summed E-state index contributed by atoms with van der Waals surface area (Å²) in [4.78, 5) is 3.75. The quantitative estimate of drug-likeness (QED) is 0.813. The summed E-state index contributed by atoms with van der Waals surface area (Å²) in [5.74, 6) is 0. The first-order valence-electron chi connectivity index (χ1n) is 7.19. The fourth-order valence-corrected chi connectivity index (χ4v) is 3.07. The first-order chi connectivity index (χ1) is 9.74. The smallest absolute Gasteiger partial charge is 0.0538 e. The standard InChI is InChI=1S/C15H24N4S/c1-3-7-19-12-13(11-17-19)15(10-16)18(2)8-6-14-5-4-9-20-14/h4-5,9,11-12,15H,3,6-8,10,16H2,1-2H3. The molecule has 0 spiro atoms. The molecule has 0 aliphatic rings. The van der Waals surface area contributed by atoms with E-state index in [2.05, 4.69) is 47.7 Å². The lowest BCUT2D eigenvalue weighted by atomic mass is 10.1. The summed E-state index contributed by atoms with van der Waals surface area (Å²) < 4.78 is 2.01. The van der Waals surface area contributed by atoms with Crippen LogP contribution in [0.1, 0.15) is 29.8 Å². The maximum Gasteiger partial charge on any atom is 0.0538 e. The zero-order valence-electron chi connectivity index (χ0n) is 12.3. The van der Waals surface area contributed by atoms with E-state index in [1.165, 1.54) is 10.4 Å². The van der Waals surface area contributed by atoms with Gasteiger partial charge in [0.2, 0.25) is 0 Å². The van der Waals surface area contributed by atoms with Gasteiger partial charge in [-0.25, -0.2) is 0 Å². The lowest BCUT2D eigenvalue weighted by Gasteiger charge is -2.25. The Kier molecular flexibility index (Phi) is 5.76. The molecule has 2 heterocycles. The van der Waals surface area contributed by atoms with Gasteiger partial charge in [0, 0.05) is 42.3 Å². The minimum Gasteiger partial charge on any atom is -0.329 e. The Labute approximate surface area is 125 Å². The van der Waals surface area contributed by atoms with E-state index in [0.717, 1.165) is 25.9 Å². The average molecular weight is 292 g/mol. The molecule has 0 saturated heterocycles. The molecule has 0 aliphatic carbocycles. The van der Waals surface area contributed by atoms with E-state index in [1.54, 1.807) is 0 Å². The van der Waals surface area contributed by atoms with Crippen molar-refractivity contribution in [3.05, 3.63) is 40.3 Å². The van der Waals surface area contributed by atoms with Gasteiger partial charge in [0.1, 0.15) is 0 Å². The Morgan fingerprint density at radius 1 is 1.50 bits per heavy atom. The molecular weight excluding hydrogens is 268 g/mol. The molecule has 2 N–H and O–H groups in total. The second-order valence-corrected chi connectivity index (χ2v) is 6.13. The van der Waals surface area contributed by atoms with Crippen LogP contribution in [0.3, 0.4) is 0 Å². The number of hydrogen-bond acceptors (Lipinski definition) is 4. The van der Waals surface area contributed by atoms with E-state index in [1.807, 2.05) is 22.2 Å². The average Bonchev–Trinajstić information content (AvgIpc) is 3.09. The van der Waals surface area contributed by atoms with Crippen molar-refractivity contribution in [2.24, 2.45) is 5.73 Å². The van der Waals surface area contributed by atoms with Crippen LogP contribution in [-0.2, 0) is 13.0 Å². The highest BCUT2D eigenvalue weighted by molar-refractivity contribution is 7.09. The van der Waals surface area contributed by atoms with Gasteiger partial charge < -0.3 is 5.73 Å². The van der Waals surface area contributed by atoms with Crippen LogP contribution in [0.5, 0.6) is 0 Å². The maximum atomic E-state index is 5.96. The van der Waals surface area contributed by atoms with Crippen molar-refractivity contribution in [2.45, 2.75) is 32.4 Å². The van der Waals surface area contributed by atoms with Crippen molar-refractivity contribution in [3.63, 3.8) is 0 Å². The van der Waals surface area contributed by atoms with Crippen LogP contribution in [0.2, 0.25) is 0 Å². The van der Waals surface area contributed by atoms with Crippen LogP contribution in [0.25, 0.3) is 0 Å². The predicted molar refractivity (Wildman–Crippen MR) is 85.0 cm³/mol. The summed E-state index contributed by atoms with van der Waals surface area (Å²) in [5.41, 5.74) is 7.18. The predicted octanol–water partition coefficient (Wildman–Crippen LogP) is 2.53. The fraction of sp³-hybridized carbons (Fsp3) is 0.533. The van der Waals surface area contributed by atoms with Gasteiger partial charge in [-0.2, -0.15) is 5.10 Å². The summed E-state index contributed by atoms with van der Waals surface area (Å²) in [6.45, 7) is 4.77. The first kappa shape index (κ1) is 15.2. The number of likely N-dealkylation sites (N-methyl/N-ethyl adjacent to an activating group) is 1. The Balaban J connectivity index is 1.95. The minimum atomic E-state index is 0.251. The highest BCUT2D eigenvalue weighted by Gasteiger charge is 2.17. The third-order valence-electron chi connectivity index (χ3n) is 3.54. The molecule has 2 aromatic rings. The molecule has 2 aromatic heterocycles. The molecule has 4 nitrogen and oxygen atoms in total. The van der Waals surface area contributed by atoms with Gasteiger partial charge >= 0.3 is 0 Å². The van der Waals surface area contributed by atoms with Crippen LogP contribution < -0.4 is 5.73 Å². The van der Waals surface area contributed by atoms with Crippen molar-refractivity contribution in [2.75, 3.05) is 20.1 Å². The zero-order valence-corrected chi connectivity index (χ0v) is 13.1. The van der Waals surface area contributed by atoms with E-state index >= 15 is 0 Å². The number of thiophene rings is 1. The van der Waals surface area contributed by atoms with Crippen LogP contribution in [0.15, 0.2) is 29.9 Å². The molecule has 5 heteroatoms. The van der Waals surface area contributed by atoms with Crippen LogP contribution in [0, 0.1) is 0 Å². The lowest BCUT2D eigenvalue weighted by Crippen LogP contribution is -2.31. The Hall–Kier alpha value is -1.17. The zero-order chi connectivity index (χ0) is 14.4. The molecule has 0 radical (unpaired) electrons. The second kappa shape index (κ2) is 7.57. The largest absolute Gasteiger partial charge is 0.329 e. The Morgan fingerprint density at radius 2 is 2.35 bits per heavy atom. The summed E-state index contributed by atoms with van der Waals surface area (Å²) in [7, 11) is 2.14. The second-order valence-electron chi connectivity index (χ2n) is 5.10. The molecule has 20 heavy (non-hydrogen) atoms. The van der Waals surface area contributed by atoms with Crippen LogP contribution in [0.4, 0.5) is 0 Å². The van der Waals surface area contributed by atoms with Gasteiger partial charge in [-0.05, 0) is 31.3 Å². The molecule has 0 bridgehead atoms. The number of nitrogens with two attached hydrogens (primary N) is 1. The lowest BCUT2D eigenvalue weighted by molar-refractivity contribution is 0.253. The first-order valence-corrected chi connectivity index (χ1v) is 8.07. The molecule has 0 fully saturated rings. The van der Waals surface area contributed by atoms with Crippen LogP contribution in [-0.4, -0.2) is 34.8 Å². The number of aryl methyl sites for hydroxylation is 1. The number of rotatable bonds is 8. The Bertz CT molecular complexity index is 492. The van der Waals surface area contributed by atoms with Crippen molar-refractivity contribution in [1.82, 2.24) is 14.7 Å². The highest BCUT2D eigenvalue weighted by atomic mass is 32.1. The highest BCUT2D eigenvalue weighted by Crippen LogP contribution is 2.19. The molecule has 1 unspecified atom stereocenters.